The minimum absolute atomic E-state index is 0.0374. The lowest BCUT2D eigenvalue weighted by Gasteiger charge is -2.29. The number of rotatable bonds is 7. The van der Waals surface area contributed by atoms with Gasteiger partial charge in [0.2, 0.25) is 5.82 Å². The van der Waals surface area contributed by atoms with Crippen LogP contribution in [0, 0.1) is 29.2 Å². The molecule has 0 aliphatic heterocycles. The second kappa shape index (κ2) is 10.1. The van der Waals surface area contributed by atoms with Crippen molar-refractivity contribution in [2.24, 2.45) is 5.92 Å². The lowest BCUT2D eigenvalue weighted by Crippen LogP contribution is -2.15. The third kappa shape index (κ3) is 4.71. The lowest BCUT2D eigenvalue weighted by molar-refractivity contribution is 0.299. The molecule has 1 fully saturated rings. The van der Waals surface area contributed by atoms with Crippen LogP contribution >= 0.6 is 0 Å². The molecule has 2 aromatic carbocycles. The molecule has 162 valence electrons. The lowest BCUT2D eigenvalue weighted by atomic mass is 9.76. The highest BCUT2D eigenvalue weighted by Crippen LogP contribution is 2.41. The van der Waals surface area contributed by atoms with E-state index in [2.05, 4.69) is 6.92 Å². The van der Waals surface area contributed by atoms with Crippen molar-refractivity contribution in [2.45, 2.75) is 64.7 Å². The largest absolute Gasteiger partial charge is 0.462 e. The smallest absolute Gasteiger partial charge is 0.201 e. The molecule has 0 heterocycles. The fourth-order valence-electron chi connectivity index (χ4n) is 4.31. The van der Waals surface area contributed by atoms with Crippen LogP contribution in [0.5, 0.6) is 5.75 Å². The van der Waals surface area contributed by atoms with Gasteiger partial charge in [-0.25, -0.2) is 13.2 Å². The normalized spacial score (nSPS) is 19.4. The minimum Gasteiger partial charge on any atom is -0.462 e. The van der Waals surface area contributed by atoms with Crippen molar-refractivity contribution >= 4 is 0 Å². The average Bonchev–Trinajstić information content (AvgIpc) is 2.76. The highest BCUT2D eigenvalue weighted by atomic mass is 19.2. The zero-order chi connectivity index (χ0) is 21.7. The van der Waals surface area contributed by atoms with Gasteiger partial charge in [-0.15, -0.1) is 0 Å². The number of hydrogen-bond donors (Lipinski definition) is 0. The van der Waals surface area contributed by atoms with E-state index >= 15 is 0 Å². The molecule has 0 spiro atoms. The molecule has 0 aromatic heterocycles. The number of ether oxygens (including phenoxy) is 1. The van der Waals surface area contributed by atoms with Gasteiger partial charge in [0.05, 0.1) is 6.26 Å². The first-order valence-corrected chi connectivity index (χ1v) is 10.7. The molecular weight excluding hydrogens is 392 g/mol. The van der Waals surface area contributed by atoms with E-state index in [4.69, 9.17) is 4.74 Å². The van der Waals surface area contributed by atoms with Crippen LogP contribution in [0.15, 0.2) is 36.6 Å². The molecule has 5 heteroatoms. The SMILES string of the molecule is CC=COc1ccc(-c2ccc(C3CCC(CCCC)CC3)c(F)c2F)c(F)c1F. The molecule has 0 bridgehead atoms. The van der Waals surface area contributed by atoms with Crippen molar-refractivity contribution in [3.8, 4) is 16.9 Å². The summed E-state index contributed by atoms with van der Waals surface area (Å²) < 4.78 is 63.5. The molecule has 1 nitrogen and oxygen atoms in total. The van der Waals surface area contributed by atoms with E-state index in [9.17, 15) is 17.6 Å². The molecule has 0 saturated heterocycles. The van der Waals surface area contributed by atoms with E-state index in [1.165, 1.54) is 55.9 Å². The van der Waals surface area contributed by atoms with Crippen LogP contribution in [-0.2, 0) is 0 Å². The average molecular weight is 420 g/mol. The summed E-state index contributed by atoms with van der Waals surface area (Å²) in [5.41, 5.74) is -0.285. The maximum Gasteiger partial charge on any atom is 0.201 e. The molecule has 2 aromatic rings. The molecule has 1 aliphatic rings. The number of halogens is 4. The molecule has 3 rings (SSSR count). The first-order valence-electron chi connectivity index (χ1n) is 10.7. The maximum absolute atomic E-state index is 14.9. The van der Waals surface area contributed by atoms with Crippen molar-refractivity contribution < 1.29 is 22.3 Å². The van der Waals surface area contributed by atoms with Crippen LogP contribution in [0.1, 0.15) is 70.3 Å². The van der Waals surface area contributed by atoms with Crippen molar-refractivity contribution in [3.05, 3.63) is 65.4 Å². The summed E-state index contributed by atoms with van der Waals surface area (Å²) in [5, 5.41) is 0. The minimum atomic E-state index is -1.26. The molecule has 1 saturated carbocycles. The topological polar surface area (TPSA) is 9.23 Å². The van der Waals surface area contributed by atoms with Crippen molar-refractivity contribution in [3.63, 3.8) is 0 Å². The van der Waals surface area contributed by atoms with Crippen molar-refractivity contribution in [1.29, 1.82) is 0 Å². The number of hydrogen-bond acceptors (Lipinski definition) is 1. The Labute approximate surface area is 175 Å². The van der Waals surface area contributed by atoms with E-state index in [1.807, 2.05) is 0 Å². The Hall–Kier alpha value is -2.30. The quantitative estimate of drug-likeness (QED) is 0.323. The zero-order valence-electron chi connectivity index (χ0n) is 17.5. The van der Waals surface area contributed by atoms with Gasteiger partial charge in [0.25, 0.3) is 0 Å². The summed E-state index contributed by atoms with van der Waals surface area (Å²) in [6.07, 6.45) is 9.97. The number of unbranched alkanes of at least 4 members (excludes halogenated alkanes) is 1. The van der Waals surface area contributed by atoms with Crippen molar-refractivity contribution in [2.75, 3.05) is 0 Å². The molecule has 0 amide bonds. The Morgan fingerprint density at radius 1 is 0.867 bits per heavy atom. The second-order valence-corrected chi connectivity index (χ2v) is 8.02. The fourth-order valence-corrected chi connectivity index (χ4v) is 4.31. The predicted octanol–water partition coefficient (Wildman–Crippen LogP) is 8.29. The van der Waals surface area contributed by atoms with Crippen LogP contribution in [0.3, 0.4) is 0 Å². The molecular formula is C25H28F4O. The summed E-state index contributed by atoms with van der Waals surface area (Å²) in [6, 6.07) is 5.28. The van der Waals surface area contributed by atoms with Gasteiger partial charge in [-0.05, 0) is 62.1 Å². The van der Waals surface area contributed by atoms with E-state index in [0.717, 1.165) is 25.7 Å². The molecule has 0 unspecified atom stereocenters. The molecule has 30 heavy (non-hydrogen) atoms. The Bertz CT molecular complexity index is 899. The Kier molecular flexibility index (Phi) is 7.57. The van der Waals surface area contributed by atoms with E-state index < -0.39 is 23.3 Å². The number of benzene rings is 2. The molecule has 0 radical (unpaired) electrons. The Morgan fingerprint density at radius 3 is 2.13 bits per heavy atom. The van der Waals surface area contributed by atoms with Gasteiger partial charge < -0.3 is 4.74 Å². The van der Waals surface area contributed by atoms with E-state index in [-0.39, 0.29) is 22.8 Å². The summed E-state index contributed by atoms with van der Waals surface area (Å²) in [7, 11) is 0. The monoisotopic (exact) mass is 420 g/mol. The first kappa shape index (κ1) is 22.4. The standard InChI is InChI=1S/C25H28F4O/c1-3-5-6-16-7-9-17(10-8-16)18-11-12-19(23(27)22(18)26)20-13-14-21(30-15-4-2)25(29)24(20)28/h4,11-17H,3,5-10H2,1-2H3. The maximum atomic E-state index is 14.9. The third-order valence-corrected chi connectivity index (χ3v) is 6.03. The summed E-state index contributed by atoms with van der Waals surface area (Å²) >= 11 is 0. The highest BCUT2D eigenvalue weighted by molar-refractivity contribution is 5.66. The number of allylic oxidation sites excluding steroid dienone is 1. The molecule has 0 N–H and O–H groups in total. The van der Waals surface area contributed by atoms with Crippen LogP contribution in [0.2, 0.25) is 0 Å². The summed E-state index contributed by atoms with van der Waals surface area (Å²) in [4.78, 5) is 0. The highest BCUT2D eigenvalue weighted by Gasteiger charge is 2.27. The van der Waals surface area contributed by atoms with Gasteiger partial charge in [-0.3, -0.25) is 0 Å². The Morgan fingerprint density at radius 2 is 1.50 bits per heavy atom. The van der Waals surface area contributed by atoms with E-state index in [0.29, 0.717) is 11.5 Å². The summed E-state index contributed by atoms with van der Waals surface area (Å²) in [5.74, 6) is -4.29. The summed E-state index contributed by atoms with van der Waals surface area (Å²) in [6.45, 7) is 3.84. The molecule has 1 aliphatic carbocycles. The van der Waals surface area contributed by atoms with Crippen molar-refractivity contribution in [1.82, 2.24) is 0 Å². The van der Waals surface area contributed by atoms with Crippen LogP contribution < -0.4 is 4.74 Å². The van der Waals surface area contributed by atoms with Gasteiger partial charge in [0.1, 0.15) is 0 Å². The Balaban J connectivity index is 1.83. The van der Waals surface area contributed by atoms with Gasteiger partial charge in [0, 0.05) is 11.1 Å². The van der Waals surface area contributed by atoms with Gasteiger partial charge in [0.15, 0.2) is 23.2 Å². The second-order valence-electron chi connectivity index (χ2n) is 8.02. The first-order chi connectivity index (χ1) is 14.5. The van der Waals surface area contributed by atoms with Crippen LogP contribution in [0.25, 0.3) is 11.1 Å². The fraction of sp³-hybridized carbons (Fsp3) is 0.440. The zero-order valence-corrected chi connectivity index (χ0v) is 17.5. The molecule has 0 atom stereocenters. The van der Waals surface area contributed by atoms with Gasteiger partial charge in [-0.2, -0.15) is 4.39 Å². The van der Waals surface area contributed by atoms with E-state index in [1.54, 1.807) is 6.92 Å². The van der Waals surface area contributed by atoms with Gasteiger partial charge in [-0.1, -0.05) is 44.4 Å². The van der Waals surface area contributed by atoms with Crippen LogP contribution in [-0.4, -0.2) is 0 Å². The van der Waals surface area contributed by atoms with Gasteiger partial charge >= 0.3 is 0 Å². The van der Waals surface area contributed by atoms with Crippen LogP contribution in [0.4, 0.5) is 17.6 Å². The third-order valence-electron chi connectivity index (χ3n) is 6.03. The predicted molar refractivity (Wildman–Crippen MR) is 111 cm³/mol.